The maximum atomic E-state index is 12.8. The summed E-state index contributed by atoms with van der Waals surface area (Å²) in [6.45, 7) is 6.52. The summed E-state index contributed by atoms with van der Waals surface area (Å²) >= 11 is 0. The van der Waals surface area contributed by atoms with E-state index in [0.717, 1.165) is 96.3 Å². The van der Waals surface area contributed by atoms with Crippen molar-refractivity contribution in [2.75, 3.05) is 13.2 Å². The molecule has 0 unspecified atom stereocenters. The molecule has 0 aliphatic rings. The Morgan fingerprint density at radius 1 is 0.318 bits per heavy atom. The van der Waals surface area contributed by atoms with E-state index in [2.05, 4.69) is 81.5 Å². The molecule has 0 saturated carbocycles. The molecule has 0 radical (unpaired) electrons. The highest BCUT2D eigenvalue weighted by Crippen LogP contribution is 2.16. The van der Waals surface area contributed by atoms with Gasteiger partial charge in [0.1, 0.15) is 13.2 Å². The molecule has 0 aromatic rings. The van der Waals surface area contributed by atoms with Crippen LogP contribution in [0.5, 0.6) is 0 Å². The Morgan fingerprint density at radius 2 is 0.591 bits per heavy atom. The third kappa shape index (κ3) is 52.1. The standard InChI is InChI=1S/C60H106O6/c1-4-7-10-13-16-19-22-25-27-29-30-32-34-36-39-41-44-47-50-53-59(62)65-56-57(66-60(63)54-51-48-45-42-37-24-21-18-15-12-9-6-3)55-64-58(61)52-49-46-43-40-38-35-33-31-28-26-23-20-17-14-11-8-5-2/h8,11,17,20,25-28,33,35,57H,4-7,9-10,12-16,18-19,21-24,29-32,34,36-56H2,1-3H3/b11-8-,20-17-,27-25-,28-26-,35-33-/t57-/m1/s1. The summed E-state index contributed by atoms with van der Waals surface area (Å²) < 4.78 is 16.8. The highest BCUT2D eigenvalue weighted by atomic mass is 16.6. The van der Waals surface area contributed by atoms with E-state index in [-0.39, 0.29) is 31.1 Å². The van der Waals surface area contributed by atoms with E-state index < -0.39 is 6.10 Å². The predicted molar refractivity (Wildman–Crippen MR) is 284 cm³/mol. The Labute approximate surface area is 409 Å². The van der Waals surface area contributed by atoms with Crippen LogP contribution in [0.4, 0.5) is 0 Å². The van der Waals surface area contributed by atoms with Crippen LogP contribution in [-0.4, -0.2) is 37.2 Å². The van der Waals surface area contributed by atoms with Gasteiger partial charge < -0.3 is 14.2 Å². The van der Waals surface area contributed by atoms with Crippen molar-refractivity contribution >= 4 is 17.9 Å². The maximum absolute atomic E-state index is 12.8. The van der Waals surface area contributed by atoms with Crippen molar-refractivity contribution in [3.05, 3.63) is 60.8 Å². The summed E-state index contributed by atoms with van der Waals surface area (Å²) in [6, 6.07) is 0. The van der Waals surface area contributed by atoms with Gasteiger partial charge in [-0.2, -0.15) is 0 Å². The van der Waals surface area contributed by atoms with Gasteiger partial charge in [0.15, 0.2) is 6.10 Å². The van der Waals surface area contributed by atoms with Crippen molar-refractivity contribution in [2.45, 2.75) is 290 Å². The predicted octanol–water partition coefficient (Wildman–Crippen LogP) is 18.8. The molecular weight excluding hydrogens is 817 g/mol. The van der Waals surface area contributed by atoms with Gasteiger partial charge in [-0.1, -0.05) is 242 Å². The maximum Gasteiger partial charge on any atom is 0.306 e. The van der Waals surface area contributed by atoms with Crippen LogP contribution in [0.15, 0.2) is 60.8 Å². The van der Waals surface area contributed by atoms with Crippen molar-refractivity contribution in [3.63, 3.8) is 0 Å². The van der Waals surface area contributed by atoms with Crippen molar-refractivity contribution < 1.29 is 28.6 Å². The van der Waals surface area contributed by atoms with Gasteiger partial charge in [-0.15, -0.1) is 0 Å². The van der Waals surface area contributed by atoms with Gasteiger partial charge in [0.2, 0.25) is 0 Å². The van der Waals surface area contributed by atoms with E-state index >= 15 is 0 Å². The van der Waals surface area contributed by atoms with Crippen LogP contribution in [-0.2, 0) is 28.6 Å². The average molecular weight is 924 g/mol. The first-order chi connectivity index (χ1) is 32.5. The van der Waals surface area contributed by atoms with Gasteiger partial charge in [-0.25, -0.2) is 0 Å². The number of hydrogen-bond donors (Lipinski definition) is 0. The second kappa shape index (κ2) is 54.7. The van der Waals surface area contributed by atoms with Gasteiger partial charge in [-0.3, -0.25) is 14.4 Å². The summed E-state index contributed by atoms with van der Waals surface area (Å²) in [7, 11) is 0. The van der Waals surface area contributed by atoms with Crippen LogP contribution in [0.25, 0.3) is 0 Å². The monoisotopic (exact) mass is 923 g/mol. The molecule has 1 atom stereocenters. The van der Waals surface area contributed by atoms with E-state index in [1.54, 1.807) is 0 Å². The van der Waals surface area contributed by atoms with Crippen molar-refractivity contribution in [2.24, 2.45) is 0 Å². The van der Waals surface area contributed by atoms with E-state index in [1.165, 1.54) is 148 Å². The number of rotatable bonds is 51. The Kier molecular flexibility index (Phi) is 52.3. The Hall–Kier alpha value is -2.89. The number of unbranched alkanes of at least 4 members (excludes halogenated alkanes) is 30. The van der Waals surface area contributed by atoms with E-state index in [0.29, 0.717) is 19.3 Å². The molecule has 0 spiro atoms. The summed E-state index contributed by atoms with van der Waals surface area (Å²) in [5.74, 6) is -0.897. The van der Waals surface area contributed by atoms with Crippen LogP contribution in [0.2, 0.25) is 0 Å². The molecule has 0 amide bonds. The lowest BCUT2D eigenvalue weighted by Crippen LogP contribution is -2.30. The summed E-state index contributed by atoms with van der Waals surface area (Å²) in [5.41, 5.74) is 0. The molecule has 382 valence electrons. The quantitative estimate of drug-likeness (QED) is 0.0262. The highest BCUT2D eigenvalue weighted by Gasteiger charge is 2.19. The van der Waals surface area contributed by atoms with E-state index in [9.17, 15) is 14.4 Å². The minimum absolute atomic E-state index is 0.0808. The van der Waals surface area contributed by atoms with Crippen LogP contribution >= 0.6 is 0 Å². The number of allylic oxidation sites excluding steroid dienone is 10. The third-order valence-corrected chi connectivity index (χ3v) is 12.3. The summed E-state index contributed by atoms with van der Waals surface area (Å²) in [5, 5.41) is 0. The fraction of sp³-hybridized carbons (Fsp3) is 0.783. The Morgan fingerprint density at radius 3 is 0.939 bits per heavy atom. The van der Waals surface area contributed by atoms with Crippen molar-refractivity contribution in [1.29, 1.82) is 0 Å². The van der Waals surface area contributed by atoms with Gasteiger partial charge in [0, 0.05) is 19.3 Å². The second-order valence-corrected chi connectivity index (χ2v) is 18.8. The molecule has 0 aromatic heterocycles. The zero-order valence-corrected chi connectivity index (χ0v) is 43.7. The number of carbonyl (C=O) groups excluding carboxylic acids is 3. The minimum Gasteiger partial charge on any atom is -0.462 e. The molecule has 0 aromatic carbocycles. The van der Waals surface area contributed by atoms with Gasteiger partial charge in [0.05, 0.1) is 0 Å². The highest BCUT2D eigenvalue weighted by molar-refractivity contribution is 5.71. The summed E-state index contributed by atoms with van der Waals surface area (Å²) in [6.07, 6.45) is 67.8. The van der Waals surface area contributed by atoms with Crippen LogP contribution < -0.4 is 0 Å². The number of ether oxygens (including phenoxy) is 3. The molecule has 0 saturated heterocycles. The van der Waals surface area contributed by atoms with Gasteiger partial charge in [-0.05, 0) is 83.5 Å². The van der Waals surface area contributed by atoms with E-state index in [1.807, 2.05) is 0 Å². The van der Waals surface area contributed by atoms with E-state index in [4.69, 9.17) is 14.2 Å². The first-order valence-electron chi connectivity index (χ1n) is 28.3. The van der Waals surface area contributed by atoms with Gasteiger partial charge in [0.25, 0.3) is 0 Å². The lowest BCUT2D eigenvalue weighted by atomic mass is 10.0. The molecule has 66 heavy (non-hydrogen) atoms. The molecule has 0 bridgehead atoms. The third-order valence-electron chi connectivity index (χ3n) is 12.3. The van der Waals surface area contributed by atoms with Crippen molar-refractivity contribution in [1.82, 2.24) is 0 Å². The molecule has 6 heteroatoms. The fourth-order valence-electron chi connectivity index (χ4n) is 8.02. The van der Waals surface area contributed by atoms with Gasteiger partial charge >= 0.3 is 17.9 Å². The zero-order valence-electron chi connectivity index (χ0n) is 43.7. The van der Waals surface area contributed by atoms with Crippen LogP contribution in [0.3, 0.4) is 0 Å². The Bertz CT molecular complexity index is 1200. The molecule has 0 aliphatic carbocycles. The number of carbonyl (C=O) groups is 3. The second-order valence-electron chi connectivity index (χ2n) is 18.8. The molecule has 0 rings (SSSR count). The first-order valence-corrected chi connectivity index (χ1v) is 28.3. The first kappa shape index (κ1) is 63.1. The fourth-order valence-corrected chi connectivity index (χ4v) is 8.02. The smallest absolute Gasteiger partial charge is 0.306 e. The largest absolute Gasteiger partial charge is 0.462 e. The van der Waals surface area contributed by atoms with Crippen molar-refractivity contribution in [3.8, 4) is 0 Å². The molecule has 0 heterocycles. The topological polar surface area (TPSA) is 78.9 Å². The Balaban J connectivity index is 4.36. The zero-order chi connectivity index (χ0) is 47.9. The SMILES string of the molecule is CC/C=C\C/C=C\C/C=C\C/C=C\CCCCCCC(=O)OC[C@H](COC(=O)CCCCCCCCCCC/C=C\CCCCCCCC)OC(=O)CCCCCCCCCCCCCC. The average Bonchev–Trinajstić information content (AvgIpc) is 3.31. The number of hydrogen-bond acceptors (Lipinski definition) is 6. The molecular formula is C60H106O6. The molecule has 0 aliphatic heterocycles. The van der Waals surface area contributed by atoms with Crippen LogP contribution in [0.1, 0.15) is 284 Å². The molecule has 6 nitrogen and oxygen atoms in total. The molecule has 0 N–H and O–H groups in total. The number of esters is 3. The minimum atomic E-state index is -0.782. The lowest BCUT2D eigenvalue weighted by molar-refractivity contribution is -0.167. The normalized spacial score (nSPS) is 12.5. The molecule has 0 fully saturated rings. The van der Waals surface area contributed by atoms with Crippen LogP contribution in [0, 0.1) is 0 Å². The lowest BCUT2D eigenvalue weighted by Gasteiger charge is -2.18. The summed E-state index contributed by atoms with van der Waals surface area (Å²) in [4.78, 5) is 38.1.